The van der Waals surface area contributed by atoms with Crippen LogP contribution in [-0.2, 0) is 4.74 Å². The summed E-state index contributed by atoms with van der Waals surface area (Å²) in [6.45, 7) is 5.37. The van der Waals surface area contributed by atoms with Crippen molar-refractivity contribution in [3.05, 3.63) is 23.8 Å². The highest BCUT2D eigenvalue weighted by molar-refractivity contribution is 5.45. The molecule has 5 nitrogen and oxygen atoms in total. The Bertz CT molecular complexity index is 433. The van der Waals surface area contributed by atoms with Gasteiger partial charge in [0.25, 0.3) is 0 Å². The molecule has 5 heteroatoms. The molecule has 0 amide bonds. The fourth-order valence-corrected chi connectivity index (χ4v) is 1.82. The summed E-state index contributed by atoms with van der Waals surface area (Å²) in [6.07, 6.45) is -0.581. The standard InChI is InChI=1S/C14H21NO4/c1-14(2,17-3)8-15-7-11(16)10-4-5-12-13(6-10)19-9-18-12/h4-6,11,15-16H,7-9H2,1-3H3. The van der Waals surface area contributed by atoms with Gasteiger partial charge in [-0.05, 0) is 31.5 Å². The van der Waals surface area contributed by atoms with Crippen LogP contribution < -0.4 is 14.8 Å². The van der Waals surface area contributed by atoms with Crippen LogP contribution in [0.2, 0.25) is 0 Å². The van der Waals surface area contributed by atoms with Crippen molar-refractivity contribution in [3.8, 4) is 11.5 Å². The van der Waals surface area contributed by atoms with Gasteiger partial charge < -0.3 is 24.6 Å². The predicted molar refractivity (Wildman–Crippen MR) is 71.5 cm³/mol. The first-order valence-electron chi connectivity index (χ1n) is 6.35. The molecule has 0 aromatic heterocycles. The van der Waals surface area contributed by atoms with Crippen molar-refractivity contribution in [1.29, 1.82) is 0 Å². The number of hydrogen-bond donors (Lipinski definition) is 2. The Morgan fingerprint density at radius 2 is 2.11 bits per heavy atom. The molecule has 0 bridgehead atoms. The molecule has 0 fully saturated rings. The SMILES string of the molecule is COC(C)(C)CNCC(O)c1ccc2c(c1)OCO2. The number of hydrogen-bond acceptors (Lipinski definition) is 5. The second-order valence-electron chi connectivity index (χ2n) is 5.22. The molecule has 1 aliphatic rings. The summed E-state index contributed by atoms with van der Waals surface area (Å²) in [5.74, 6) is 1.41. The van der Waals surface area contributed by atoms with Gasteiger partial charge >= 0.3 is 0 Å². The number of methoxy groups -OCH3 is 1. The number of benzene rings is 1. The minimum absolute atomic E-state index is 0.241. The molecule has 0 saturated heterocycles. The molecular weight excluding hydrogens is 246 g/mol. The average molecular weight is 267 g/mol. The van der Waals surface area contributed by atoms with E-state index in [4.69, 9.17) is 14.2 Å². The molecule has 106 valence electrons. The van der Waals surface area contributed by atoms with Crippen molar-refractivity contribution >= 4 is 0 Å². The number of rotatable bonds is 6. The molecule has 1 atom stereocenters. The van der Waals surface area contributed by atoms with E-state index in [1.54, 1.807) is 7.11 Å². The van der Waals surface area contributed by atoms with Gasteiger partial charge in [0, 0.05) is 20.2 Å². The molecule has 0 aliphatic carbocycles. The van der Waals surface area contributed by atoms with Crippen LogP contribution in [0.15, 0.2) is 18.2 Å². The van der Waals surface area contributed by atoms with Gasteiger partial charge in [-0.25, -0.2) is 0 Å². The maximum atomic E-state index is 10.1. The Hall–Kier alpha value is -1.30. The average Bonchev–Trinajstić information content (AvgIpc) is 2.85. The lowest BCUT2D eigenvalue weighted by molar-refractivity contribution is 0.0207. The van der Waals surface area contributed by atoms with Gasteiger partial charge in [-0.15, -0.1) is 0 Å². The molecule has 1 aliphatic heterocycles. The summed E-state index contributed by atoms with van der Waals surface area (Å²) in [4.78, 5) is 0. The third-order valence-electron chi connectivity index (χ3n) is 3.22. The molecule has 1 aromatic carbocycles. The molecule has 1 heterocycles. The Kier molecular flexibility index (Phi) is 4.29. The molecule has 2 N–H and O–H groups in total. The van der Waals surface area contributed by atoms with Crippen LogP contribution in [0.1, 0.15) is 25.5 Å². The van der Waals surface area contributed by atoms with Crippen molar-refractivity contribution in [2.24, 2.45) is 0 Å². The number of aliphatic hydroxyl groups excluding tert-OH is 1. The zero-order valence-electron chi connectivity index (χ0n) is 11.6. The molecule has 1 unspecified atom stereocenters. The second-order valence-corrected chi connectivity index (χ2v) is 5.22. The zero-order chi connectivity index (χ0) is 13.9. The highest BCUT2D eigenvalue weighted by Gasteiger charge is 2.18. The van der Waals surface area contributed by atoms with Gasteiger partial charge in [0.1, 0.15) is 0 Å². The first-order valence-corrected chi connectivity index (χ1v) is 6.35. The van der Waals surface area contributed by atoms with E-state index in [2.05, 4.69) is 5.32 Å². The van der Waals surface area contributed by atoms with E-state index in [1.165, 1.54) is 0 Å². The van der Waals surface area contributed by atoms with Crippen LogP contribution in [0.4, 0.5) is 0 Å². The van der Waals surface area contributed by atoms with E-state index in [1.807, 2.05) is 32.0 Å². The van der Waals surface area contributed by atoms with Crippen LogP contribution in [0.3, 0.4) is 0 Å². The van der Waals surface area contributed by atoms with Crippen LogP contribution in [0.5, 0.6) is 11.5 Å². The second kappa shape index (κ2) is 5.77. The Balaban J connectivity index is 1.88. The summed E-state index contributed by atoms with van der Waals surface area (Å²) < 4.78 is 15.8. The van der Waals surface area contributed by atoms with Crippen molar-refractivity contribution in [1.82, 2.24) is 5.32 Å². The summed E-state index contributed by atoms with van der Waals surface area (Å²) >= 11 is 0. The highest BCUT2D eigenvalue weighted by atomic mass is 16.7. The summed E-state index contributed by atoms with van der Waals surface area (Å²) in [5.41, 5.74) is 0.571. The van der Waals surface area contributed by atoms with Gasteiger partial charge in [-0.2, -0.15) is 0 Å². The van der Waals surface area contributed by atoms with Crippen molar-refractivity contribution < 1.29 is 19.3 Å². The van der Waals surface area contributed by atoms with Crippen molar-refractivity contribution in [3.63, 3.8) is 0 Å². The van der Waals surface area contributed by atoms with E-state index in [0.29, 0.717) is 18.8 Å². The van der Waals surface area contributed by atoms with Gasteiger partial charge in [0.2, 0.25) is 6.79 Å². The summed E-state index contributed by atoms with van der Waals surface area (Å²) in [5, 5.41) is 13.3. The van der Waals surface area contributed by atoms with Crippen LogP contribution >= 0.6 is 0 Å². The molecule has 1 aromatic rings. The van der Waals surface area contributed by atoms with E-state index >= 15 is 0 Å². The van der Waals surface area contributed by atoms with Crippen molar-refractivity contribution in [2.45, 2.75) is 25.6 Å². The number of nitrogens with one attached hydrogen (secondary N) is 1. The molecular formula is C14H21NO4. The normalized spacial score (nSPS) is 15.6. The van der Waals surface area contributed by atoms with Gasteiger partial charge in [-0.1, -0.05) is 6.07 Å². The highest BCUT2D eigenvalue weighted by Crippen LogP contribution is 2.34. The topological polar surface area (TPSA) is 60.0 Å². The third-order valence-corrected chi connectivity index (χ3v) is 3.22. The fourth-order valence-electron chi connectivity index (χ4n) is 1.82. The summed E-state index contributed by atoms with van der Waals surface area (Å²) in [7, 11) is 1.68. The minimum Gasteiger partial charge on any atom is -0.454 e. The Morgan fingerprint density at radius 1 is 1.37 bits per heavy atom. The molecule has 2 rings (SSSR count). The van der Waals surface area contributed by atoms with E-state index in [9.17, 15) is 5.11 Å². The number of aliphatic hydroxyl groups is 1. The smallest absolute Gasteiger partial charge is 0.231 e. The van der Waals surface area contributed by atoms with Crippen molar-refractivity contribution in [2.75, 3.05) is 27.0 Å². The van der Waals surface area contributed by atoms with Gasteiger partial charge in [0.15, 0.2) is 11.5 Å². The number of fused-ring (bicyclic) bond motifs is 1. The maximum absolute atomic E-state index is 10.1. The molecule has 0 spiro atoms. The lowest BCUT2D eigenvalue weighted by Gasteiger charge is -2.24. The first-order chi connectivity index (χ1) is 9.02. The Labute approximate surface area is 113 Å². The van der Waals surface area contributed by atoms with Crippen LogP contribution in [-0.4, -0.2) is 37.7 Å². The van der Waals surface area contributed by atoms with E-state index in [0.717, 1.165) is 11.3 Å². The lowest BCUT2D eigenvalue weighted by Crippen LogP contribution is -2.38. The Morgan fingerprint density at radius 3 is 2.84 bits per heavy atom. The molecule has 0 saturated carbocycles. The minimum atomic E-state index is -0.581. The number of ether oxygens (including phenoxy) is 3. The zero-order valence-corrected chi connectivity index (χ0v) is 11.6. The van der Waals surface area contributed by atoms with Gasteiger partial charge in [0.05, 0.1) is 11.7 Å². The molecule has 19 heavy (non-hydrogen) atoms. The monoisotopic (exact) mass is 267 g/mol. The quantitative estimate of drug-likeness (QED) is 0.817. The van der Waals surface area contributed by atoms with Crippen LogP contribution in [0, 0.1) is 0 Å². The van der Waals surface area contributed by atoms with E-state index in [-0.39, 0.29) is 12.4 Å². The van der Waals surface area contributed by atoms with Gasteiger partial charge in [-0.3, -0.25) is 0 Å². The predicted octanol–water partition coefficient (Wildman–Crippen LogP) is 1.46. The lowest BCUT2D eigenvalue weighted by atomic mass is 10.1. The maximum Gasteiger partial charge on any atom is 0.231 e. The van der Waals surface area contributed by atoms with Crippen LogP contribution in [0.25, 0.3) is 0 Å². The first kappa shape index (κ1) is 14.1. The third kappa shape index (κ3) is 3.59. The fraction of sp³-hybridized carbons (Fsp3) is 0.571. The van der Waals surface area contributed by atoms with E-state index < -0.39 is 6.10 Å². The summed E-state index contributed by atoms with van der Waals surface area (Å²) in [6, 6.07) is 5.48. The largest absolute Gasteiger partial charge is 0.454 e. The molecule has 0 radical (unpaired) electrons.